The molecule has 2 aromatic rings. The standard InChI is InChI=1S/C26H30N2O4/c1-19(29)17-24(30)27-15-9-10-16-28-25(31)23-18-26(32-20(23)2,21-11-5-3-6-12-21)22-13-7-4-8-14-22/h3-8,11-14H,9-10,15-18H2,1-2H3,(H,27,30)(H,28,31). The fraction of sp³-hybridized carbons (Fsp3) is 0.346. The number of allylic oxidation sites excluding steroid dienone is 1. The van der Waals surface area contributed by atoms with Crippen molar-refractivity contribution in [3.63, 3.8) is 0 Å². The van der Waals surface area contributed by atoms with E-state index < -0.39 is 5.60 Å². The van der Waals surface area contributed by atoms with Gasteiger partial charge in [0.25, 0.3) is 5.91 Å². The van der Waals surface area contributed by atoms with Gasteiger partial charge in [0.1, 0.15) is 11.5 Å². The molecule has 1 aliphatic heterocycles. The maximum absolute atomic E-state index is 12.9. The third kappa shape index (κ3) is 5.63. The first-order chi connectivity index (χ1) is 15.4. The average Bonchev–Trinajstić information content (AvgIpc) is 3.15. The van der Waals surface area contributed by atoms with Gasteiger partial charge < -0.3 is 15.4 Å². The molecular weight excluding hydrogens is 404 g/mol. The molecule has 6 heteroatoms. The van der Waals surface area contributed by atoms with Gasteiger partial charge in [-0.1, -0.05) is 60.7 Å². The lowest BCUT2D eigenvalue weighted by Crippen LogP contribution is -2.31. The summed E-state index contributed by atoms with van der Waals surface area (Å²) >= 11 is 0. The molecule has 32 heavy (non-hydrogen) atoms. The quantitative estimate of drug-likeness (QED) is 0.442. The number of carbonyl (C=O) groups is 3. The Morgan fingerprint density at radius 2 is 1.41 bits per heavy atom. The highest BCUT2D eigenvalue weighted by atomic mass is 16.5. The Morgan fingerprint density at radius 3 is 1.94 bits per heavy atom. The molecule has 6 nitrogen and oxygen atoms in total. The second kappa shape index (κ2) is 10.8. The zero-order valence-electron chi connectivity index (χ0n) is 18.6. The van der Waals surface area contributed by atoms with Crippen molar-refractivity contribution in [3.05, 3.63) is 83.1 Å². The summed E-state index contributed by atoms with van der Waals surface area (Å²) in [5.41, 5.74) is 1.94. The van der Waals surface area contributed by atoms with Crippen LogP contribution in [-0.2, 0) is 24.7 Å². The SMILES string of the molecule is CC(=O)CC(=O)NCCCCNC(=O)C1=C(C)OC(c2ccccc2)(c2ccccc2)C1. The predicted octanol–water partition coefficient (Wildman–Crippen LogP) is 3.62. The summed E-state index contributed by atoms with van der Waals surface area (Å²) < 4.78 is 6.40. The molecule has 0 saturated heterocycles. The number of nitrogens with one attached hydrogen (secondary N) is 2. The highest BCUT2D eigenvalue weighted by molar-refractivity contribution is 5.96. The van der Waals surface area contributed by atoms with Crippen molar-refractivity contribution in [2.75, 3.05) is 13.1 Å². The van der Waals surface area contributed by atoms with Crippen LogP contribution in [0.3, 0.4) is 0 Å². The second-order valence-electron chi connectivity index (χ2n) is 8.06. The average molecular weight is 435 g/mol. The Bertz CT molecular complexity index is 944. The lowest BCUT2D eigenvalue weighted by Gasteiger charge is -2.31. The van der Waals surface area contributed by atoms with Crippen molar-refractivity contribution < 1.29 is 19.1 Å². The van der Waals surface area contributed by atoms with E-state index in [1.165, 1.54) is 6.92 Å². The van der Waals surface area contributed by atoms with Gasteiger partial charge in [-0.15, -0.1) is 0 Å². The molecule has 2 N–H and O–H groups in total. The minimum absolute atomic E-state index is 0.0885. The Labute approximate surface area is 189 Å². The van der Waals surface area contributed by atoms with E-state index in [0.717, 1.165) is 24.0 Å². The van der Waals surface area contributed by atoms with Crippen molar-refractivity contribution in [1.82, 2.24) is 10.6 Å². The number of Topliss-reactive ketones (excluding diaryl/α,β-unsaturated/α-hetero) is 1. The van der Waals surface area contributed by atoms with Crippen LogP contribution in [0, 0.1) is 0 Å². The third-order valence-electron chi connectivity index (χ3n) is 5.55. The molecule has 0 unspecified atom stereocenters. The van der Waals surface area contributed by atoms with Crippen LogP contribution in [0.25, 0.3) is 0 Å². The Kier molecular flexibility index (Phi) is 7.82. The zero-order chi connectivity index (χ0) is 23.0. The molecule has 168 valence electrons. The lowest BCUT2D eigenvalue weighted by molar-refractivity contribution is -0.127. The summed E-state index contributed by atoms with van der Waals surface area (Å²) in [6.45, 7) is 4.22. The number of hydrogen-bond acceptors (Lipinski definition) is 4. The minimum atomic E-state index is -0.722. The number of benzene rings is 2. The highest BCUT2D eigenvalue weighted by Gasteiger charge is 2.44. The molecule has 1 heterocycles. The van der Waals surface area contributed by atoms with Crippen LogP contribution in [0.15, 0.2) is 72.0 Å². The molecule has 2 amide bonds. The van der Waals surface area contributed by atoms with E-state index in [9.17, 15) is 14.4 Å². The summed E-state index contributed by atoms with van der Waals surface area (Å²) in [5.74, 6) is 0.0893. The highest BCUT2D eigenvalue weighted by Crippen LogP contribution is 2.46. The van der Waals surface area contributed by atoms with Gasteiger partial charge in [-0.25, -0.2) is 0 Å². The van der Waals surface area contributed by atoms with Gasteiger partial charge in [0, 0.05) is 30.6 Å². The van der Waals surface area contributed by atoms with Gasteiger partial charge in [-0.05, 0) is 26.7 Å². The number of unbranched alkanes of at least 4 members (excludes halogenated alkanes) is 1. The summed E-state index contributed by atoms with van der Waals surface area (Å²) in [6.07, 6.45) is 1.81. The van der Waals surface area contributed by atoms with E-state index in [1.54, 1.807) is 0 Å². The van der Waals surface area contributed by atoms with Gasteiger partial charge in [0.05, 0.1) is 12.0 Å². The molecule has 0 fully saturated rings. The first kappa shape index (κ1) is 23.3. The Morgan fingerprint density at radius 1 is 0.875 bits per heavy atom. The summed E-state index contributed by atoms with van der Waals surface area (Å²) in [7, 11) is 0. The monoisotopic (exact) mass is 434 g/mol. The zero-order valence-corrected chi connectivity index (χ0v) is 18.6. The van der Waals surface area contributed by atoms with E-state index in [4.69, 9.17) is 4.74 Å². The molecule has 0 aromatic heterocycles. The third-order valence-corrected chi connectivity index (χ3v) is 5.55. The number of amides is 2. The topological polar surface area (TPSA) is 84.5 Å². The van der Waals surface area contributed by atoms with E-state index in [2.05, 4.69) is 10.6 Å². The number of rotatable bonds is 10. The number of hydrogen-bond donors (Lipinski definition) is 2. The van der Waals surface area contributed by atoms with Crippen LogP contribution in [0.2, 0.25) is 0 Å². The van der Waals surface area contributed by atoms with Crippen LogP contribution < -0.4 is 10.6 Å². The minimum Gasteiger partial charge on any atom is -0.482 e. The van der Waals surface area contributed by atoms with Crippen molar-refractivity contribution >= 4 is 17.6 Å². The lowest BCUT2D eigenvalue weighted by atomic mass is 9.82. The predicted molar refractivity (Wildman–Crippen MR) is 123 cm³/mol. The Hall–Kier alpha value is -3.41. The first-order valence-corrected chi connectivity index (χ1v) is 11.0. The van der Waals surface area contributed by atoms with Crippen molar-refractivity contribution in [3.8, 4) is 0 Å². The molecule has 0 bridgehead atoms. The van der Waals surface area contributed by atoms with Gasteiger partial charge in [-0.2, -0.15) is 0 Å². The fourth-order valence-electron chi connectivity index (χ4n) is 3.95. The maximum atomic E-state index is 12.9. The van der Waals surface area contributed by atoms with Crippen LogP contribution in [-0.4, -0.2) is 30.7 Å². The van der Waals surface area contributed by atoms with E-state index in [1.807, 2.05) is 67.6 Å². The smallest absolute Gasteiger partial charge is 0.250 e. The molecule has 0 spiro atoms. The largest absolute Gasteiger partial charge is 0.482 e. The molecule has 3 rings (SSSR count). The van der Waals surface area contributed by atoms with Gasteiger partial charge in [-0.3, -0.25) is 14.4 Å². The summed E-state index contributed by atoms with van der Waals surface area (Å²) in [4.78, 5) is 35.3. The van der Waals surface area contributed by atoms with Crippen molar-refractivity contribution in [2.45, 2.75) is 45.1 Å². The van der Waals surface area contributed by atoms with Crippen LogP contribution in [0.5, 0.6) is 0 Å². The van der Waals surface area contributed by atoms with Gasteiger partial charge in [0.2, 0.25) is 5.91 Å². The molecule has 0 radical (unpaired) electrons. The van der Waals surface area contributed by atoms with Crippen LogP contribution in [0.1, 0.15) is 50.7 Å². The molecule has 2 aromatic carbocycles. The van der Waals surface area contributed by atoms with E-state index >= 15 is 0 Å². The molecular formula is C26H30N2O4. The second-order valence-corrected chi connectivity index (χ2v) is 8.06. The van der Waals surface area contributed by atoms with Gasteiger partial charge in [0.15, 0.2) is 5.60 Å². The number of ketones is 1. The van der Waals surface area contributed by atoms with Crippen LogP contribution in [0.4, 0.5) is 0 Å². The first-order valence-electron chi connectivity index (χ1n) is 11.0. The van der Waals surface area contributed by atoms with Crippen LogP contribution >= 0.6 is 0 Å². The van der Waals surface area contributed by atoms with E-state index in [0.29, 0.717) is 30.8 Å². The normalized spacial score (nSPS) is 14.6. The molecule has 0 aliphatic carbocycles. The maximum Gasteiger partial charge on any atom is 0.250 e. The van der Waals surface area contributed by atoms with Crippen molar-refractivity contribution in [1.29, 1.82) is 0 Å². The molecule has 0 atom stereocenters. The fourth-order valence-corrected chi connectivity index (χ4v) is 3.95. The van der Waals surface area contributed by atoms with Crippen molar-refractivity contribution in [2.24, 2.45) is 0 Å². The summed E-state index contributed by atoms with van der Waals surface area (Å²) in [6, 6.07) is 20.0. The number of ether oxygens (including phenoxy) is 1. The Balaban J connectivity index is 1.58. The molecule has 1 aliphatic rings. The number of carbonyl (C=O) groups excluding carboxylic acids is 3. The summed E-state index contributed by atoms with van der Waals surface area (Å²) in [5, 5.41) is 5.68. The molecule has 0 saturated carbocycles. The van der Waals surface area contributed by atoms with Gasteiger partial charge >= 0.3 is 0 Å². The van der Waals surface area contributed by atoms with E-state index in [-0.39, 0.29) is 24.0 Å².